The van der Waals surface area contributed by atoms with Crippen LogP contribution in [0.5, 0.6) is 0 Å². The maximum absolute atomic E-state index is 13.0. The van der Waals surface area contributed by atoms with Crippen LogP contribution in [0.2, 0.25) is 0 Å². The van der Waals surface area contributed by atoms with Gasteiger partial charge in [-0.05, 0) is 41.7 Å². The minimum Gasteiger partial charge on any atom is -0.394 e. The zero-order valence-electron chi connectivity index (χ0n) is 19.0. The van der Waals surface area contributed by atoms with Gasteiger partial charge in [0.05, 0.1) is 18.7 Å². The van der Waals surface area contributed by atoms with Crippen LogP contribution in [0.3, 0.4) is 0 Å². The van der Waals surface area contributed by atoms with Gasteiger partial charge in [-0.3, -0.25) is 9.59 Å². The van der Waals surface area contributed by atoms with E-state index < -0.39 is 12.1 Å². The van der Waals surface area contributed by atoms with E-state index in [-0.39, 0.29) is 30.3 Å². The molecular weight excluding hydrogens is 418 g/mol. The van der Waals surface area contributed by atoms with Crippen LogP contribution in [-0.2, 0) is 9.53 Å². The van der Waals surface area contributed by atoms with Crippen LogP contribution in [0.15, 0.2) is 48.5 Å². The number of hydrogen-bond acceptors (Lipinski definition) is 5. The average Bonchev–Trinajstić information content (AvgIpc) is 2.84. The van der Waals surface area contributed by atoms with Crippen LogP contribution < -0.4 is 0 Å². The van der Waals surface area contributed by atoms with E-state index in [1.807, 2.05) is 48.5 Å². The lowest BCUT2D eigenvalue weighted by Crippen LogP contribution is -2.66. The first-order valence-electron chi connectivity index (χ1n) is 11.3. The first-order chi connectivity index (χ1) is 16.0. The highest BCUT2D eigenvalue weighted by atomic mass is 16.5. The first kappa shape index (κ1) is 23.0. The Labute approximate surface area is 194 Å². The normalized spacial score (nSPS) is 22.8. The van der Waals surface area contributed by atoms with Gasteiger partial charge in [0.1, 0.15) is 6.04 Å². The number of aliphatic hydroxyl groups is 1. The molecule has 0 unspecified atom stereocenters. The molecule has 2 aliphatic heterocycles. The molecule has 7 heteroatoms. The molecule has 0 radical (unpaired) electrons. The van der Waals surface area contributed by atoms with E-state index in [0.29, 0.717) is 31.6 Å². The molecule has 0 aliphatic carbocycles. The Morgan fingerprint density at radius 3 is 2.15 bits per heavy atom. The van der Waals surface area contributed by atoms with Crippen LogP contribution in [0.1, 0.15) is 34.7 Å². The van der Waals surface area contributed by atoms with E-state index in [2.05, 4.69) is 6.07 Å². The number of rotatable bonds is 5. The van der Waals surface area contributed by atoms with Crippen LogP contribution in [-0.4, -0.2) is 72.7 Å². The number of amides is 2. The van der Waals surface area contributed by atoms with Crippen molar-refractivity contribution in [3.8, 4) is 17.2 Å². The molecule has 0 aromatic heterocycles. The average molecular weight is 448 g/mol. The van der Waals surface area contributed by atoms with E-state index in [0.717, 1.165) is 16.7 Å². The van der Waals surface area contributed by atoms with E-state index in [9.17, 15) is 20.0 Å². The maximum Gasteiger partial charge on any atom is 0.253 e. The molecule has 2 aliphatic rings. The fourth-order valence-corrected chi connectivity index (χ4v) is 4.83. The summed E-state index contributed by atoms with van der Waals surface area (Å²) in [6.07, 6.45) is 1.31. The van der Waals surface area contributed by atoms with Gasteiger partial charge in [0.2, 0.25) is 5.91 Å². The third kappa shape index (κ3) is 4.37. The Morgan fingerprint density at radius 1 is 1.06 bits per heavy atom. The standard InChI is InChI=1S/C26H29N3O4/c1-28(2)25(31)20-9-5-18(6-10-20)17-3-7-19(8-4-17)24-22(15-27)29(23(24)16-30)26(32)21-11-13-33-14-12-21/h3-10,21-24,30H,11-14,16H2,1-2H3/t22-,23+,24-/m1/s1. The molecule has 2 aromatic carbocycles. The number of aliphatic hydroxyl groups excluding tert-OH is 1. The molecular formula is C26H29N3O4. The highest BCUT2D eigenvalue weighted by Crippen LogP contribution is 2.42. The van der Waals surface area contributed by atoms with Gasteiger partial charge in [-0.15, -0.1) is 0 Å². The minimum absolute atomic E-state index is 0.0423. The molecule has 1 N–H and O–H groups in total. The summed E-state index contributed by atoms with van der Waals surface area (Å²) < 4.78 is 5.35. The lowest BCUT2D eigenvalue weighted by molar-refractivity contribution is -0.154. The van der Waals surface area contributed by atoms with Crippen LogP contribution >= 0.6 is 0 Å². The number of likely N-dealkylation sites (tertiary alicyclic amines) is 1. The summed E-state index contributed by atoms with van der Waals surface area (Å²) in [6.45, 7) is 0.932. The van der Waals surface area contributed by atoms with E-state index >= 15 is 0 Å². The molecule has 2 heterocycles. The zero-order valence-corrected chi connectivity index (χ0v) is 19.0. The molecule has 0 saturated carbocycles. The number of carbonyl (C=O) groups excluding carboxylic acids is 2. The highest BCUT2D eigenvalue weighted by molar-refractivity contribution is 5.94. The summed E-state index contributed by atoms with van der Waals surface area (Å²) in [6, 6.07) is 16.6. The zero-order chi connectivity index (χ0) is 23.5. The summed E-state index contributed by atoms with van der Waals surface area (Å²) in [7, 11) is 3.45. The predicted molar refractivity (Wildman–Crippen MR) is 123 cm³/mol. The molecule has 2 fully saturated rings. The number of carbonyl (C=O) groups is 2. The lowest BCUT2D eigenvalue weighted by atomic mass is 9.74. The second kappa shape index (κ2) is 9.74. The molecule has 7 nitrogen and oxygen atoms in total. The fourth-order valence-electron chi connectivity index (χ4n) is 4.83. The number of nitrogens with zero attached hydrogens (tertiary/aromatic N) is 3. The van der Waals surface area contributed by atoms with Crippen molar-refractivity contribution in [2.24, 2.45) is 5.92 Å². The fraction of sp³-hybridized carbons (Fsp3) is 0.423. The van der Waals surface area contributed by atoms with Crippen molar-refractivity contribution in [2.75, 3.05) is 33.9 Å². The number of nitriles is 1. The van der Waals surface area contributed by atoms with Gasteiger partial charge in [-0.1, -0.05) is 36.4 Å². The smallest absolute Gasteiger partial charge is 0.253 e. The first-order valence-corrected chi connectivity index (χ1v) is 11.3. The van der Waals surface area contributed by atoms with Crippen LogP contribution in [0.25, 0.3) is 11.1 Å². The van der Waals surface area contributed by atoms with E-state index in [1.54, 1.807) is 23.9 Å². The molecule has 4 rings (SSSR count). The second-order valence-corrected chi connectivity index (χ2v) is 8.88. The molecule has 0 bridgehead atoms. The topological polar surface area (TPSA) is 93.9 Å². The van der Waals surface area contributed by atoms with Gasteiger partial charge in [-0.2, -0.15) is 5.26 Å². The Bertz CT molecular complexity index is 1040. The van der Waals surface area contributed by atoms with Crippen molar-refractivity contribution >= 4 is 11.8 Å². The summed E-state index contributed by atoms with van der Waals surface area (Å²) in [5, 5.41) is 19.8. The number of hydrogen-bond donors (Lipinski definition) is 1. The molecule has 33 heavy (non-hydrogen) atoms. The summed E-state index contributed by atoms with van der Waals surface area (Å²) in [5.74, 6) is -0.462. The molecule has 2 amide bonds. The third-order valence-electron chi connectivity index (χ3n) is 6.72. The lowest BCUT2D eigenvalue weighted by Gasteiger charge is -2.52. The van der Waals surface area contributed by atoms with Gasteiger partial charge in [-0.25, -0.2) is 0 Å². The van der Waals surface area contributed by atoms with Crippen molar-refractivity contribution in [1.82, 2.24) is 9.80 Å². The van der Waals surface area contributed by atoms with Crippen molar-refractivity contribution in [3.63, 3.8) is 0 Å². The monoisotopic (exact) mass is 447 g/mol. The van der Waals surface area contributed by atoms with E-state index in [1.165, 1.54) is 0 Å². The Balaban J connectivity index is 1.50. The SMILES string of the molecule is CN(C)C(=O)c1ccc(-c2ccc([C@@H]3[C@@H](C#N)N(C(=O)C4CCOCC4)[C@H]3CO)cc2)cc1. The van der Waals surface area contributed by atoms with Gasteiger partial charge in [0.15, 0.2) is 0 Å². The molecule has 2 aromatic rings. The second-order valence-electron chi connectivity index (χ2n) is 8.88. The van der Waals surface area contributed by atoms with Crippen molar-refractivity contribution in [1.29, 1.82) is 5.26 Å². The molecule has 0 spiro atoms. The summed E-state index contributed by atoms with van der Waals surface area (Å²) in [5.41, 5.74) is 3.54. The third-order valence-corrected chi connectivity index (χ3v) is 6.72. The largest absolute Gasteiger partial charge is 0.394 e. The minimum atomic E-state index is -0.584. The quantitative estimate of drug-likeness (QED) is 0.761. The summed E-state index contributed by atoms with van der Waals surface area (Å²) in [4.78, 5) is 28.2. The van der Waals surface area contributed by atoms with Gasteiger partial charge in [0, 0.05) is 44.7 Å². The Morgan fingerprint density at radius 2 is 1.64 bits per heavy atom. The molecule has 3 atom stereocenters. The van der Waals surface area contributed by atoms with Crippen molar-refractivity contribution in [2.45, 2.75) is 30.8 Å². The van der Waals surface area contributed by atoms with Gasteiger partial charge in [0.25, 0.3) is 5.91 Å². The Kier molecular flexibility index (Phi) is 6.77. The molecule has 172 valence electrons. The molecule has 2 saturated heterocycles. The maximum atomic E-state index is 13.0. The van der Waals surface area contributed by atoms with E-state index in [4.69, 9.17) is 4.74 Å². The van der Waals surface area contributed by atoms with Crippen LogP contribution in [0.4, 0.5) is 0 Å². The van der Waals surface area contributed by atoms with Crippen molar-refractivity contribution in [3.05, 3.63) is 59.7 Å². The van der Waals surface area contributed by atoms with Gasteiger partial charge >= 0.3 is 0 Å². The van der Waals surface area contributed by atoms with Crippen LogP contribution in [0, 0.1) is 17.2 Å². The Hall–Kier alpha value is -3.21. The number of ether oxygens (including phenoxy) is 1. The highest BCUT2D eigenvalue weighted by Gasteiger charge is 2.52. The number of benzene rings is 2. The summed E-state index contributed by atoms with van der Waals surface area (Å²) >= 11 is 0. The predicted octanol–water partition coefficient (Wildman–Crippen LogP) is 2.66. The van der Waals surface area contributed by atoms with Gasteiger partial charge < -0.3 is 19.6 Å². The van der Waals surface area contributed by atoms with Crippen molar-refractivity contribution < 1.29 is 19.4 Å².